The van der Waals surface area contributed by atoms with E-state index in [2.05, 4.69) is 22.5 Å². The third-order valence-corrected chi connectivity index (χ3v) is 4.25. The summed E-state index contributed by atoms with van der Waals surface area (Å²) in [7, 11) is 1.82. The van der Waals surface area contributed by atoms with E-state index in [1.165, 1.54) is 6.42 Å². The Morgan fingerprint density at radius 1 is 1.29 bits per heavy atom. The molecule has 110 valence electrons. The van der Waals surface area contributed by atoms with E-state index in [-0.39, 0.29) is 5.91 Å². The third-order valence-electron chi connectivity index (χ3n) is 4.25. The van der Waals surface area contributed by atoms with E-state index >= 15 is 0 Å². The number of amides is 1. The van der Waals surface area contributed by atoms with Crippen molar-refractivity contribution < 1.29 is 4.79 Å². The van der Waals surface area contributed by atoms with E-state index in [4.69, 9.17) is 0 Å². The molecule has 0 saturated heterocycles. The van der Waals surface area contributed by atoms with Gasteiger partial charge < -0.3 is 10.6 Å². The Kier molecular flexibility index (Phi) is 3.78. The third kappa shape index (κ3) is 2.84. The smallest absolute Gasteiger partial charge is 0.252 e. The van der Waals surface area contributed by atoms with Crippen molar-refractivity contribution in [2.45, 2.75) is 32.2 Å². The van der Waals surface area contributed by atoms with Crippen molar-refractivity contribution in [1.29, 1.82) is 0 Å². The van der Waals surface area contributed by atoms with Gasteiger partial charge in [-0.15, -0.1) is 0 Å². The molecule has 4 heteroatoms. The average molecular weight is 283 g/mol. The maximum Gasteiger partial charge on any atom is 0.252 e. The highest BCUT2D eigenvalue weighted by Crippen LogP contribution is 2.26. The number of nitrogens with zero attached hydrogens (tertiary/aromatic N) is 1. The lowest BCUT2D eigenvalue weighted by Crippen LogP contribution is -2.33. The molecular formula is C17H21N3O. The highest BCUT2D eigenvalue weighted by atomic mass is 16.1. The van der Waals surface area contributed by atoms with Crippen LogP contribution in [0.3, 0.4) is 0 Å². The topological polar surface area (TPSA) is 54.0 Å². The predicted molar refractivity (Wildman–Crippen MR) is 85.6 cm³/mol. The summed E-state index contributed by atoms with van der Waals surface area (Å²) in [6, 6.07) is 9.90. The zero-order chi connectivity index (χ0) is 14.8. The molecule has 1 saturated carbocycles. The number of benzene rings is 1. The molecule has 1 aromatic carbocycles. The number of anilines is 1. The first-order chi connectivity index (χ1) is 10.2. The van der Waals surface area contributed by atoms with Crippen LogP contribution in [0, 0.1) is 5.92 Å². The molecule has 0 radical (unpaired) electrons. The first kappa shape index (κ1) is 13.9. The van der Waals surface area contributed by atoms with Gasteiger partial charge in [-0.05, 0) is 37.3 Å². The van der Waals surface area contributed by atoms with Crippen molar-refractivity contribution in [2.24, 2.45) is 5.92 Å². The van der Waals surface area contributed by atoms with Crippen LogP contribution in [0.25, 0.3) is 10.9 Å². The monoisotopic (exact) mass is 283 g/mol. The molecule has 2 aromatic rings. The average Bonchev–Trinajstić information content (AvgIpc) is 2.91. The van der Waals surface area contributed by atoms with Crippen LogP contribution in [-0.4, -0.2) is 24.0 Å². The molecule has 0 aliphatic heterocycles. The molecule has 0 spiro atoms. The van der Waals surface area contributed by atoms with Crippen molar-refractivity contribution in [3.05, 3.63) is 35.9 Å². The number of aromatic nitrogens is 1. The van der Waals surface area contributed by atoms with Gasteiger partial charge in [0.15, 0.2) is 0 Å². The summed E-state index contributed by atoms with van der Waals surface area (Å²) in [6.07, 6.45) is 3.35. The highest BCUT2D eigenvalue weighted by Gasteiger charge is 2.24. The lowest BCUT2D eigenvalue weighted by atomic mass is 10.1. The van der Waals surface area contributed by atoms with E-state index < -0.39 is 0 Å². The number of hydrogen-bond acceptors (Lipinski definition) is 3. The molecule has 2 N–H and O–H groups in total. The number of rotatable bonds is 3. The first-order valence-electron chi connectivity index (χ1n) is 7.56. The summed E-state index contributed by atoms with van der Waals surface area (Å²) in [5, 5.41) is 7.10. The van der Waals surface area contributed by atoms with Crippen LogP contribution in [-0.2, 0) is 0 Å². The molecular weight excluding hydrogens is 262 g/mol. The molecule has 2 atom stereocenters. The molecule has 1 heterocycles. The Labute approximate surface area is 125 Å². The van der Waals surface area contributed by atoms with Gasteiger partial charge in [0.1, 0.15) is 5.82 Å². The van der Waals surface area contributed by atoms with Crippen molar-refractivity contribution in [3.8, 4) is 0 Å². The lowest BCUT2D eigenvalue weighted by molar-refractivity contribution is 0.0939. The van der Waals surface area contributed by atoms with E-state index in [0.29, 0.717) is 17.5 Å². The van der Waals surface area contributed by atoms with Crippen molar-refractivity contribution in [3.63, 3.8) is 0 Å². The second-order valence-electron chi connectivity index (χ2n) is 5.91. The summed E-state index contributed by atoms with van der Waals surface area (Å²) in [5.41, 5.74) is 1.54. The summed E-state index contributed by atoms with van der Waals surface area (Å²) in [4.78, 5) is 17.1. The normalized spacial score (nSPS) is 21.4. The summed E-state index contributed by atoms with van der Waals surface area (Å²) in [5.74, 6) is 1.43. The van der Waals surface area contributed by atoms with Crippen molar-refractivity contribution >= 4 is 22.6 Å². The minimum absolute atomic E-state index is 0.00389. The van der Waals surface area contributed by atoms with Crippen molar-refractivity contribution in [2.75, 3.05) is 12.4 Å². The molecule has 3 rings (SSSR count). The van der Waals surface area contributed by atoms with Gasteiger partial charge in [-0.3, -0.25) is 4.79 Å². The highest BCUT2D eigenvalue weighted by molar-refractivity contribution is 6.07. The number of pyridine rings is 1. The minimum Gasteiger partial charge on any atom is -0.373 e. The second-order valence-corrected chi connectivity index (χ2v) is 5.91. The van der Waals surface area contributed by atoms with Crippen LogP contribution in [0.4, 0.5) is 5.82 Å². The maximum atomic E-state index is 12.6. The Morgan fingerprint density at radius 2 is 2.10 bits per heavy atom. The summed E-state index contributed by atoms with van der Waals surface area (Å²) in [6.45, 7) is 2.24. The number of carbonyl (C=O) groups excluding carboxylic acids is 1. The van der Waals surface area contributed by atoms with E-state index in [0.717, 1.165) is 29.6 Å². The lowest BCUT2D eigenvalue weighted by Gasteiger charge is -2.14. The van der Waals surface area contributed by atoms with Gasteiger partial charge in [0.2, 0.25) is 0 Å². The van der Waals surface area contributed by atoms with Crippen LogP contribution in [0.2, 0.25) is 0 Å². The number of para-hydroxylation sites is 1. The zero-order valence-corrected chi connectivity index (χ0v) is 12.5. The number of carbonyl (C=O) groups is 1. The van der Waals surface area contributed by atoms with Gasteiger partial charge in [0.05, 0.1) is 11.1 Å². The van der Waals surface area contributed by atoms with Crippen LogP contribution >= 0.6 is 0 Å². The van der Waals surface area contributed by atoms with E-state index in [1.54, 1.807) is 0 Å². The van der Waals surface area contributed by atoms with Gasteiger partial charge in [-0.25, -0.2) is 4.98 Å². The Balaban J connectivity index is 1.92. The number of nitrogens with one attached hydrogen (secondary N) is 2. The standard InChI is InChI=1S/C17H21N3O/c1-11-7-8-12(9-11)19-17(21)14-10-16(18-2)20-15-6-4-3-5-13(14)15/h3-6,10-12H,7-9H2,1-2H3,(H,18,20)(H,19,21). The van der Waals surface area contributed by atoms with Crippen LogP contribution in [0.15, 0.2) is 30.3 Å². The quantitative estimate of drug-likeness (QED) is 0.909. The van der Waals surface area contributed by atoms with Gasteiger partial charge in [0.25, 0.3) is 5.91 Å². The summed E-state index contributed by atoms with van der Waals surface area (Å²) >= 11 is 0. The fourth-order valence-electron chi connectivity index (χ4n) is 3.09. The molecule has 4 nitrogen and oxygen atoms in total. The molecule has 1 aliphatic carbocycles. The number of hydrogen-bond donors (Lipinski definition) is 2. The molecule has 1 fully saturated rings. The largest absolute Gasteiger partial charge is 0.373 e. The second kappa shape index (κ2) is 5.72. The van der Waals surface area contributed by atoms with Crippen molar-refractivity contribution in [1.82, 2.24) is 10.3 Å². The fourth-order valence-corrected chi connectivity index (χ4v) is 3.09. The minimum atomic E-state index is 0.00389. The van der Waals surface area contributed by atoms with Crippen LogP contribution in [0.1, 0.15) is 36.5 Å². The summed E-state index contributed by atoms with van der Waals surface area (Å²) < 4.78 is 0. The Morgan fingerprint density at radius 3 is 2.81 bits per heavy atom. The first-order valence-corrected chi connectivity index (χ1v) is 7.56. The zero-order valence-electron chi connectivity index (χ0n) is 12.5. The van der Waals surface area contributed by atoms with Gasteiger partial charge in [-0.1, -0.05) is 25.1 Å². The molecule has 21 heavy (non-hydrogen) atoms. The fraction of sp³-hybridized carbons (Fsp3) is 0.412. The number of fused-ring (bicyclic) bond motifs is 1. The van der Waals surface area contributed by atoms with Gasteiger partial charge in [0, 0.05) is 18.5 Å². The van der Waals surface area contributed by atoms with E-state index in [1.807, 2.05) is 37.4 Å². The van der Waals surface area contributed by atoms with Crippen LogP contribution in [0.5, 0.6) is 0 Å². The SMILES string of the molecule is CNc1cc(C(=O)NC2CCC(C)C2)c2ccccc2n1. The molecule has 1 amide bonds. The van der Waals surface area contributed by atoms with Gasteiger partial charge in [-0.2, -0.15) is 0 Å². The molecule has 0 bridgehead atoms. The van der Waals surface area contributed by atoms with E-state index in [9.17, 15) is 4.79 Å². The van der Waals surface area contributed by atoms with Crippen LogP contribution < -0.4 is 10.6 Å². The van der Waals surface area contributed by atoms with Gasteiger partial charge >= 0.3 is 0 Å². The Bertz CT molecular complexity index is 668. The predicted octanol–water partition coefficient (Wildman–Crippen LogP) is 3.19. The molecule has 2 unspecified atom stereocenters. The molecule has 1 aliphatic rings. The Hall–Kier alpha value is -2.10. The maximum absolute atomic E-state index is 12.6. The molecule has 1 aromatic heterocycles.